The van der Waals surface area contributed by atoms with Gasteiger partial charge in [0.05, 0.1) is 23.1 Å². The van der Waals surface area contributed by atoms with Gasteiger partial charge in [-0.25, -0.2) is 0 Å². The minimum Gasteiger partial charge on any atom is -0.410 e. The molecule has 37 heavy (non-hydrogen) atoms. The first-order valence-corrected chi connectivity index (χ1v) is 17.1. The maximum Gasteiger partial charge on any atom is 0.417 e. The molecule has 0 amide bonds. The molecule has 2 aliphatic carbocycles. The number of pyridine rings is 2. The van der Waals surface area contributed by atoms with E-state index >= 15 is 0 Å². The summed E-state index contributed by atoms with van der Waals surface area (Å²) in [6.45, 7) is 15.3. The fourth-order valence-corrected chi connectivity index (χ4v) is 7.80. The fourth-order valence-electron chi connectivity index (χ4n) is 5.31. The second kappa shape index (κ2) is 9.85. The largest absolute Gasteiger partial charge is 0.417 e. The molecule has 2 aromatic heterocycles. The molecule has 2 aliphatic rings. The second-order valence-electron chi connectivity index (χ2n) is 12.7. The van der Waals surface area contributed by atoms with Crippen LogP contribution in [0.4, 0.5) is 13.2 Å². The molecular weight excluding hydrogens is 608 g/mol. The lowest BCUT2D eigenvalue weighted by Crippen LogP contribution is -2.46. The average Bonchev–Trinajstić information content (AvgIpc) is 2.75. The Morgan fingerprint density at radius 2 is 1.81 bits per heavy atom. The van der Waals surface area contributed by atoms with Gasteiger partial charge >= 0.3 is 6.18 Å². The van der Waals surface area contributed by atoms with E-state index in [0.29, 0.717) is 5.56 Å². The van der Waals surface area contributed by atoms with Gasteiger partial charge in [0, 0.05) is 26.6 Å². The summed E-state index contributed by atoms with van der Waals surface area (Å²) in [4.78, 5) is 9.17. The van der Waals surface area contributed by atoms with Crippen molar-refractivity contribution in [1.82, 2.24) is 9.97 Å². The van der Waals surface area contributed by atoms with E-state index in [9.17, 15) is 18.3 Å². The van der Waals surface area contributed by atoms with Gasteiger partial charge in [-0.1, -0.05) is 41.0 Å². The molecule has 0 bridgehead atoms. The van der Waals surface area contributed by atoms with Gasteiger partial charge in [-0.15, -0.1) is 0 Å². The molecule has 0 saturated heterocycles. The van der Waals surface area contributed by atoms with Crippen LogP contribution in [0.25, 0.3) is 0 Å². The third kappa shape index (κ3) is 5.52. The van der Waals surface area contributed by atoms with E-state index in [2.05, 4.69) is 61.4 Å². The van der Waals surface area contributed by atoms with Crippen molar-refractivity contribution in [2.24, 2.45) is 5.41 Å². The molecule has 1 spiro atoms. The maximum absolute atomic E-state index is 13.1. The predicted molar refractivity (Wildman–Crippen MR) is 150 cm³/mol. The molecule has 0 radical (unpaired) electrons. The number of aliphatic hydroxyl groups is 1. The van der Waals surface area contributed by atoms with E-state index < -0.39 is 26.2 Å². The third-order valence-electron chi connectivity index (χ3n) is 8.67. The van der Waals surface area contributed by atoms with Crippen molar-refractivity contribution >= 4 is 30.9 Å². The highest BCUT2D eigenvalue weighted by molar-refractivity contribution is 14.1. The zero-order valence-electron chi connectivity index (χ0n) is 22.8. The molecule has 0 unspecified atom stereocenters. The summed E-state index contributed by atoms with van der Waals surface area (Å²) in [5, 5.41) is 11.5. The fraction of sp³-hybridized carbons (Fsp3) is 0.643. The molecule has 0 aliphatic heterocycles. The van der Waals surface area contributed by atoms with Crippen molar-refractivity contribution in [1.29, 1.82) is 0 Å². The highest BCUT2D eigenvalue weighted by atomic mass is 127. The molecule has 2 atom stereocenters. The topological polar surface area (TPSA) is 55.2 Å². The lowest BCUT2D eigenvalue weighted by Gasteiger charge is -2.50. The molecular formula is C28H38F3IN2O2Si. The van der Waals surface area contributed by atoms with Gasteiger partial charge in [0.25, 0.3) is 0 Å². The number of aliphatic hydroxyl groups excluding tert-OH is 1. The summed E-state index contributed by atoms with van der Waals surface area (Å²) in [6.07, 6.45) is 0.451. The minimum atomic E-state index is -4.48. The summed E-state index contributed by atoms with van der Waals surface area (Å²) in [7, 11) is -2.12. The standard InChI is InChI=1S/C28H38F3IN2O2Si/c1-16(2)24-22(25(35)18-10-9-17(15-33-18)28(29,30)31)23(32)21-19(34-24)13-27(11-8-12-27)14-20(21)36-37(6,7)26(3,4)5/h9-10,15-16,20,25,35H,8,11-14H2,1-7H3/t20-,25-/m0/s1. The monoisotopic (exact) mass is 646 g/mol. The first kappa shape index (κ1) is 29.0. The smallest absolute Gasteiger partial charge is 0.410 e. The highest BCUT2D eigenvalue weighted by Gasteiger charge is 2.49. The zero-order valence-corrected chi connectivity index (χ0v) is 25.9. The molecule has 204 valence electrons. The van der Waals surface area contributed by atoms with Crippen LogP contribution in [-0.4, -0.2) is 23.4 Å². The molecule has 1 N–H and O–H groups in total. The lowest BCUT2D eigenvalue weighted by atomic mass is 9.59. The Kier molecular flexibility index (Phi) is 7.71. The van der Waals surface area contributed by atoms with Gasteiger partial charge in [0.15, 0.2) is 8.32 Å². The Labute approximate surface area is 233 Å². The Balaban J connectivity index is 1.84. The Morgan fingerprint density at radius 3 is 2.27 bits per heavy atom. The van der Waals surface area contributed by atoms with Crippen LogP contribution >= 0.6 is 22.6 Å². The van der Waals surface area contributed by atoms with Gasteiger partial charge in [-0.05, 0) is 89.9 Å². The molecule has 2 aromatic rings. The number of hydrogen-bond acceptors (Lipinski definition) is 4. The van der Waals surface area contributed by atoms with Gasteiger partial charge < -0.3 is 9.53 Å². The van der Waals surface area contributed by atoms with E-state index in [-0.39, 0.29) is 28.2 Å². The second-order valence-corrected chi connectivity index (χ2v) is 18.5. The van der Waals surface area contributed by atoms with Crippen LogP contribution in [0.1, 0.15) is 112 Å². The van der Waals surface area contributed by atoms with Crippen LogP contribution in [0.3, 0.4) is 0 Å². The molecule has 1 fully saturated rings. The zero-order chi connectivity index (χ0) is 27.6. The number of rotatable bonds is 5. The molecule has 2 heterocycles. The first-order chi connectivity index (χ1) is 17.0. The average molecular weight is 647 g/mol. The van der Waals surface area contributed by atoms with Gasteiger partial charge in [-0.3, -0.25) is 9.97 Å². The van der Waals surface area contributed by atoms with Crippen molar-refractivity contribution in [2.45, 2.75) is 109 Å². The van der Waals surface area contributed by atoms with E-state index in [4.69, 9.17) is 9.41 Å². The van der Waals surface area contributed by atoms with Crippen LogP contribution in [0.15, 0.2) is 18.3 Å². The van der Waals surface area contributed by atoms with Gasteiger partial charge in [0.1, 0.15) is 6.10 Å². The summed E-state index contributed by atoms with van der Waals surface area (Å²) in [5.41, 5.74) is 3.09. The van der Waals surface area contributed by atoms with E-state index in [1.165, 1.54) is 25.3 Å². The quantitative estimate of drug-likeness (QED) is 0.262. The summed E-state index contributed by atoms with van der Waals surface area (Å²) in [6, 6.07) is 2.24. The Bertz CT molecular complexity index is 1160. The number of nitrogens with zero attached hydrogens (tertiary/aromatic N) is 2. The van der Waals surface area contributed by atoms with Gasteiger partial charge in [0.2, 0.25) is 0 Å². The van der Waals surface area contributed by atoms with Crippen LogP contribution in [0, 0.1) is 8.99 Å². The molecule has 4 nitrogen and oxygen atoms in total. The molecule has 1 saturated carbocycles. The summed E-state index contributed by atoms with van der Waals surface area (Å²) >= 11 is 2.30. The van der Waals surface area contributed by atoms with Crippen molar-refractivity contribution in [3.63, 3.8) is 0 Å². The van der Waals surface area contributed by atoms with Gasteiger partial charge in [-0.2, -0.15) is 13.2 Å². The summed E-state index contributed by atoms with van der Waals surface area (Å²) < 4.78 is 47.3. The minimum absolute atomic E-state index is 0.0249. The van der Waals surface area contributed by atoms with Crippen LogP contribution in [-0.2, 0) is 17.0 Å². The first-order valence-electron chi connectivity index (χ1n) is 13.1. The molecule has 0 aromatic carbocycles. The number of halogens is 4. The maximum atomic E-state index is 13.1. The normalized spacial score (nSPS) is 20.6. The van der Waals surface area contributed by atoms with Crippen LogP contribution < -0.4 is 0 Å². The van der Waals surface area contributed by atoms with Crippen LogP contribution in [0.2, 0.25) is 18.1 Å². The number of aromatic nitrogens is 2. The van der Waals surface area contributed by atoms with Crippen molar-refractivity contribution in [2.75, 3.05) is 0 Å². The molecule has 4 rings (SSSR count). The lowest BCUT2D eigenvalue weighted by molar-refractivity contribution is -0.137. The van der Waals surface area contributed by atoms with Crippen molar-refractivity contribution in [3.8, 4) is 0 Å². The van der Waals surface area contributed by atoms with Crippen molar-refractivity contribution in [3.05, 3.63) is 55.7 Å². The summed E-state index contributed by atoms with van der Waals surface area (Å²) in [5.74, 6) is 0.0249. The number of hydrogen-bond donors (Lipinski definition) is 1. The predicted octanol–water partition coefficient (Wildman–Crippen LogP) is 8.48. The third-order valence-corrected chi connectivity index (χ3v) is 14.3. The van der Waals surface area contributed by atoms with Crippen molar-refractivity contribution < 1.29 is 22.7 Å². The number of fused-ring (bicyclic) bond motifs is 1. The Hall–Kier alpha value is -1.04. The molecule has 9 heteroatoms. The SMILES string of the molecule is CC(C)c1nc2c(c(I)c1[C@@H](O)c1ccc(C(F)(F)F)cn1)[C@@H](O[Si](C)(C)C(C)(C)C)CC1(CCC1)C2. The van der Waals surface area contributed by atoms with E-state index in [1.807, 2.05) is 13.8 Å². The van der Waals surface area contributed by atoms with E-state index in [1.54, 1.807) is 0 Å². The highest BCUT2D eigenvalue weighted by Crippen LogP contribution is 2.57. The van der Waals surface area contributed by atoms with Crippen LogP contribution in [0.5, 0.6) is 0 Å². The van der Waals surface area contributed by atoms with E-state index in [0.717, 1.165) is 45.6 Å². The number of alkyl halides is 3. The Morgan fingerprint density at radius 1 is 1.16 bits per heavy atom.